The van der Waals surface area contributed by atoms with Crippen molar-refractivity contribution in [3.8, 4) is 0 Å². The van der Waals surface area contributed by atoms with Gasteiger partial charge in [-0.15, -0.1) is 0 Å². The van der Waals surface area contributed by atoms with E-state index in [0.717, 1.165) is 69.1 Å². The minimum Gasteiger partial charge on any atom is -0.379 e. The first kappa shape index (κ1) is 20.6. The van der Waals surface area contributed by atoms with Crippen molar-refractivity contribution in [2.45, 2.75) is 45.1 Å². The van der Waals surface area contributed by atoms with Crippen LogP contribution in [0.15, 0.2) is 70.9 Å². The van der Waals surface area contributed by atoms with Gasteiger partial charge < -0.3 is 9.64 Å². The first-order valence-corrected chi connectivity index (χ1v) is 12.2. The Morgan fingerprint density at radius 3 is 2.55 bits per heavy atom. The first-order chi connectivity index (χ1) is 16.4. The fraction of sp³-hybridized carbons (Fsp3) is 0.407. The van der Waals surface area contributed by atoms with Gasteiger partial charge in [0.05, 0.1) is 30.8 Å². The summed E-state index contributed by atoms with van der Waals surface area (Å²) in [6, 6.07) is 19.3. The Labute approximate surface area is 195 Å². The standard InChI is InChI=1S/C27H31N5O/c1-2-8-21(9-3-1)19-31-24-12-6-4-10-22(24)18-28-27(31)32-25-13-7-5-11-23(25)29-26(32)20-30-14-16-33-17-15-30/h1-3,5,7-9,11,13,18,27H,4,6,10,12,14-17,19-20H2. The Kier molecular flexibility index (Phi) is 5.70. The molecule has 170 valence electrons. The lowest BCUT2D eigenvalue weighted by Gasteiger charge is -2.40. The summed E-state index contributed by atoms with van der Waals surface area (Å²) in [5, 5.41) is 0. The Morgan fingerprint density at radius 1 is 0.879 bits per heavy atom. The molecule has 33 heavy (non-hydrogen) atoms. The normalized spacial score (nSPS) is 21.6. The van der Waals surface area contributed by atoms with Gasteiger partial charge in [0.1, 0.15) is 5.82 Å². The number of allylic oxidation sites excluding steroid dienone is 2. The largest absolute Gasteiger partial charge is 0.379 e. The quantitative estimate of drug-likeness (QED) is 0.574. The molecule has 3 heterocycles. The molecule has 1 aromatic heterocycles. The topological polar surface area (TPSA) is 45.9 Å². The third-order valence-electron chi connectivity index (χ3n) is 7.03. The maximum Gasteiger partial charge on any atom is 0.204 e. The lowest BCUT2D eigenvalue weighted by atomic mass is 9.94. The van der Waals surface area contributed by atoms with Crippen LogP contribution in [0.3, 0.4) is 0 Å². The van der Waals surface area contributed by atoms with Crippen molar-refractivity contribution in [1.29, 1.82) is 0 Å². The second-order valence-corrected chi connectivity index (χ2v) is 9.19. The molecular weight excluding hydrogens is 410 g/mol. The SMILES string of the molecule is C1=NC(n2c(CN3CCOCC3)nc3ccccc32)N(Cc2ccccc2)C2=C1CCCC2. The molecular formula is C27H31N5O. The van der Waals surface area contributed by atoms with Gasteiger partial charge in [-0.25, -0.2) is 9.98 Å². The molecule has 1 atom stereocenters. The number of hydrogen-bond acceptors (Lipinski definition) is 5. The van der Waals surface area contributed by atoms with Crippen molar-refractivity contribution in [2.75, 3.05) is 26.3 Å². The molecule has 1 unspecified atom stereocenters. The summed E-state index contributed by atoms with van der Waals surface area (Å²) in [4.78, 5) is 15.2. The van der Waals surface area contributed by atoms with Crippen LogP contribution in [-0.2, 0) is 17.8 Å². The van der Waals surface area contributed by atoms with E-state index in [1.54, 1.807) is 0 Å². The van der Waals surface area contributed by atoms with Crippen LogP contribution in [0, 0.1) is 0 Å². The minimum absolute atomic E-state index is 0.120. The molecule has 1 aliphatic carbocycles. The van der Waals surface area contributed by atoms with E-state index in [4.69, 9.17) is 14.7 Å². The molecule has 2 aliphatic heterocycles. The molecule has 6 rings (SSSR count). The van der Waals surface area contributed by atoms with E-state index in [2.05, 4.69) is 75.2 Å². The average Bonchev–Trinajstić information content (AvgIpc) is 3.23. The van der Waals surface area contributed by atoms with Gasteiger partial charge in [0.2, 0.25) is 6.29 Å². The fourth-order valence-electron chi connectivity index (χ4n) is 5.34. The number of para-hydroxylation sites is 2. The van der Waals surface area contributed by atoms with Crippen LogP contribution in [0.1, 0.15) is 43.4 Å². The lowest BCUT2D eigenvalue weighted by Crippen LogP contribution is -2.39. The van der Waals surface area contributed by atoms with E-state index in [-0.39, 0.29) is 6.29 Å². The summed E-state index contributed by atoms with van der Waals surface area (Å²) in [5.74, 6) is 1.08. The summed E-state index contributed by atoms with van der Waals surface area (Å²) in [5.41, 5.74) is 6.38. The molecule has 1 fully saturated rings. The predicted molar refractivity (Wildman–Crippen MR) is 131 cm³/mol. The van der Waals surface area contributed by atoms with Crippen LogP contribution in [0.5, 0.6) is 0 Å². The van der Waals surface area contributed by atoms with Crippen molar-refractivity contribution in [3.05, 3.63) is 77.3 Å². The number of benzene rings is 2. The van der Waals surface area contributed by atoms with Crippen molar-refractivity contribution in [1.82, 2.24) is 19.4 Å². The molecule has 0 radical (unpaired) electrons. The number of ether oxygens (including phenoxy) is 1. The summed E-state index contributed by atoms with van der Waals surface area (Å²) in [6.07, 6.45) is 6.78. The fourth-order valence-corrected chi connectivity index (χ4v) is 5.34. The monoisotopic (exact) mass is 441 g/mol. The zero-order valence-electron chi connectivity index (χ0n) is 19.1. The van der Waals surface area contributed by atoms with Crippen molar-refractivity contribution >= 4 is 17.2 Å². The summed E-state index contributed by atoms with van der Waals surface area (Å²) in [6.45, 7) is 5.14. The van der Waals surface area contributed by atoms with Gasteiger partial charge in [-0.1, -0.05) is 42.5 Å². The summed E-state index contributed by atoms with van der Waals surface area (Å²) in [7, 11) is 0. The molecule has 6 heteroatoms. The molecule has 0 bridgehead atoms. The van der Waals surface area contributed by atoms with Crippen molar-refractivity contribution in [2.24, 2.45) is 4.99 Å². The van der Waals surface area contributed by atoms with E-state index in [1.165, 1.54) is 29.7 Å². The van der Waals surface area contributed by atoms with E-state index in [9.17, 15) is 0 Å². The highest BCUT2D eigenvalue weighted by Gasteiger charge is 2.31. The Morgan fingerprint density at radius 2 is 1.67 bits per heavy atom. The number of nitrogens with zero attached hydrogens (tertiary/aromatic N) is 5. The molecule has 0 N–H and O–H groups in total. The van der Waals surface area contributed by atoms with Crippen LogP contribution in [0.2, 0.25) is 0 Å². The maximum absolute atomic E-state index is 5.58. The zero-order chi connectivity index (χ0) is 22.0. The third kappa shape index (κ3) is 4.09. The van der Waals surface area contributed by atoms with Crippen LogP contribution in [0.4, 0.5) is 0 Å². The number of hydrogen-bond donors (Lipinski definition) is 0. The van der Waals surface area contributed by atoms with Crippen LogP contribution >= 0.6 is 0 Å². The first-order valence-electron chi connectivity index (χ1n) is 12.2. The highest BCUT2D eigenvalue weighted by molar-refractivity contribution is 5.81. The minimum atomic E-state index is -0.120. The molecule has 1 saturated heterocycles. The lowest BCUT2D eigenvalue weighted by molar-refractivity contribution is 0.0317. The van der Waals surface area contributed by atoms with Gasteiger partial charge in [0.25, 0.3) is 0 Å². The number of rotatable bonds is 5. The average molecular weight is 442 g/mol. The molecule has 0 spiro atoms. The third-order valence-corrected chi connectivity index (χ3v) is 7.03. The second kappa shape index (κ2) is 9.12. The van der Waals surface area contributed by atoms with Crippen LogP contribution in [-0.4, -0.2) is 51.9 Å². The van der Waals surface area contributed by atoms with Crippen molar-refractivity contribution in [3.63, 3.8) is 0 Å². The summed E-state index contributed by atoms with van der Waals surface area (Å²) >= 11 is 0. The maximum atomic E-state index is 5.58. The van der Waals surface area contributed by atoms with E-state index < -0.39 is 0 Å². The van der Waals surface area contributed by atoms with Gasteiger partial charge in [-0.3, -0.25) is 9.47 Å². The number of aliphatic imine (C=N–C) groups is 1. The number of fused-ring (bicyclic) bond motifs is 1. The van der Waals surface area contributed by atoms with Gasteiger partial charge >= 0.3 is 0 Å². The number of aromatic nitrogens is 2. The highest BCUT2D eigenvalue weighted by Crippen LogP contribution is 2.38. The summed E-state index contributed by atoms with van der Waals surface area (Å²) < 4.78 is 7.96. The van der Waals surface area contributed by atoms with E-state index >= 15 is 0 Å². The second-order valence-electron chi connectivity index (χ2n) is 9.19. The number of morpholine rings is 1. The Bertz CT molecular complexity index is 1180. The van der Waals surface area contributed by atoms with Gasteiger partial charge in [-0.05, 0) is 49.0 Å². The molecule has 3 aliphatic rings. The van der Waals surface area contributed by atoms with E-state index in [1.807, 2.05) is 0 Å². The van der Waals surface area contributed by atoms with Crippen LogP contribution < -0.4 is 0 Å². The molecule has 0 amide bonds. The Hall–Kier alpha value is -2.96. The Balaban J connectivity index is 1.43. The van der Waals surface area contributed by atoms with Crippen molar-refractivity contribution < 1.29 is 4.74 Å². The number of imidazole rings is 1. The predicted octanol–water partition coefficient (Wildman–Crippen LogP) is 4.74. The van der Waals surface area contributed by atoms with E-state index in [0.29, 0.717) is 0 Å². The smallest absolute Gasteiger partial charge is 0.204 e. The van der Waals surface area contributed by atoms with Gasteiger partial charge in [-0.2, -0.15) is 0 Å². The zero-order valence-corrected chi connectivity index (χ0v) is 19.1. The van der Waals surface area contributed by atoms with Gasteiger partial charge in [0.15, 0.2) is 0 Å². The molecule has 2 aromatic carbocycles. The highest BCUT2D eigenvalue weighted by atomic mass is 16.5. The molecule has 0 saturated carbocycles. The molecule has 3 aromatic rings. The molecule has 6 nitrogen and oxygen atoms in total. The van der Waals surface area contributed by atoms with Gasteiger partial charge in [0, 0.05) is 31.5 Å². The van der Waals surface area contributed by atoms with Crippen LogP contribution in [0.25, 0.3) is 11.0 Å².